The maximum absolute atomic E-state index is 13.1. The first-order valence-corrected chi connectivity index (χ1v) is 9.01. The van der Waals surface area contributed by atoms with Crippen molar-refractivity contribution in [2.75, 3.05) is 20.2 Å². The summed E-state index contributed by atoms with van der Waals surface area (Å²) in [5.74, 6) is 0.113. The lowest BCUT2D eigenvalue weighted by Gasteiger charge is -2.38. The van der Waals surface area contributed by atoms with Gasteiger partial charge in [-0.15, -0.1) is 0 Å². The number of aromatic nitrogens is 1. The normalized spacial score (nSPS) is 20.2. The van der Waals surface area contributed by atoms with Gasteiger partial charge in [0.2, 0.25) is 5.91 Å². The summed E-state index contributed by atoms with van der Waals surface area (Å²) in [6, 6.07) is 10.4. The topological polar surface area (TPSA) is 42.4 Å². The molecule has 0 radical (unpaired) electrons. The van der Waals surface area contributed by atoms with E-state index in [-0.39, 0.29) is 23.7 Å². The number of piperidine rings is 1. The van der Waals surface area contributed by atoms with E-state index < -0.39 is 0 Å². The van der Waals surface area contributed by atoms with E-state index >= 15 is 0 Å². The van der Waals surface area contributed by atoms with Crippen LogP contribution in [0.25, 0.3) is 0 Å². The Bertz CT molecular complexity index is 748. The molecule has 0 spiro atoms. The maximum atomic E-state index is 13.1. The molecule has 2 aromatic rings. The van der Waals surface area contributed by atoms with Gasteiger partial charge < -0.3 is 9.64 Å². The second kappa shape index (κ2) is 8.41. The maximum Gasteiger partial charge on any atom is 0.227 e. The average Bonchev–Trinajstić information content (AvgIpc) is 2.63. The number of likely N-dealkylation sites (tertiary alicyclic amines) is 1. The smallest absolute Gasteiger partial charge is 0.227 e. The third kappa shape index (κ3) is 4.67. The summed E-state index contributed by atoms with van der Waals surface area (Å²) in [7, 11) is 1.72. The lowest BCUT2D eigenvalue weighted by Crippen LogP contribution is -2.47. The number of carbonyl (C=O) groups is 1. The van der Waals surface area contributed by atoms with E-state index in [4.69, 9.17) is 4.74 Å². The van der Waals surface area contributed by atoms with Crippen LogP contribution in [0.5, 0.6) is 0 Å². The molecule has 1 saturated heterocycles. The van der Waals surface area contributed by atoms with Crippen LogP contribution in [0.15, 0.2) is 42.6 Å². The number of nitrogens with zero attached hydrogens (tertiary/aromatic N) is 2. The zero-order valence-corrected chi connectivity index (χ0v) is 15.3. The van der Waals surface area contributed by atoms with Crippen LogP contribution in [-0.4, -0.2) is 42.1 Å². The lowest BCUT2D eigenvalue weighted by atomic mass is 9.88. The van der Waals surface area contributed by atoms with Gasteiger partial charge in [-0.1, -0.05) is 12.1 Å². The number of hydrogen-bond acceptors (Lipinski definition) is 3. The van der Waals surface area contributed by atoms with E-state index in [1.807, 2.05) is 36.1 Å². The van der Waals surface area contributed by atoms with Crippen molar-refractivity contribution in [1.29, 1.82) is 0 Å². The fourth-order valence-electron chi connectivity index (χ4n) is 3.67. The van der Waals surface area contributed by atoms with Crippen LogP contribution in [0, 0.1) is 18.7 Å². The predicted molar refractivity (Wildman–Crippen MR) is 98.3 cm³/mol. The molecule has 1 amide bonds. The third-order valence-electron chi connectivity index (χ3n) is 5.05. The Hall–Kier alpha value is -2.27. The van der Waals surface area contributed by atoms with E-state index in [0.29, 0.717) is 19.5 Å². The van der Waals surface area contributed by atoms with Crippen LogP contribution in [-0.2, 0) is 22.4 Å². The van der Waals surface area contributed by atoms with Crippen molar-refractivity contribution in [3.05, 3.63) is 65.2 Å². The van der Waals surface area contributed by atoms with Crippen LogP contribution in [0.4, 0.5) is 4.39 Å². The molecule has 0 N–H and O–H groups in total. The monoisotopic (exact) mass is 356 g/mol. The Kier molecular flexibility index (Phi) is 5.99. The number of rotatable bonds is 5. The van der Waals surface area contributed by atoms with E-state index in [2.05, 4.69) is 4.98 Å². The van der Waals surface area contributed by atoms with Gasteiger partial charge in [-0.3, -0.25) is 9.78 Å². The number of pyridine rings is 1. The number of aryl methyl sites for hydroxylation is 1. The minimum absolute atomic E-state index is 0.118. The molecule has 3 rings (SSSR count). The third-order valence-corrected chi connectivity index (χ3v) is 5.05. The second-order valence-corrected chi connectivity index (χ2v) is 6.98. The Morgan fingerprint density at radius 2 is 2.04 bits per heavy atom. The van der Waals surface area contributed by atoms with Gasteiger partial charge in [0.05, 0.1) is 12.5 Å². The highest BCUT2D eigenvalue weighted by molar-refractivity contribution is 5.78. The van der Waals surface area contributed by atoms with Crippen molar-refractivity contribution in [3.63, 3.8) is 0 Å². The number of ether oxygens (including phenoxy) is 1. The average molecular weight is 356 g/mol. The van der Waals surface area contributed by atoms with Gasteiger partial charge in [0.15, 0.2) is 0 Å². The molecule has 1 aromatic carbocycles. The Morgan fingerprint density at radius 3 is 2.73 bits per heavy atom. The van der Waals surface area contributed by atoms with Gasteiger partial charge in [-0.2, -0.15) is 0 Å². The summed E-state index contributed by atoms with van der Waals surface area (Å²) in [4.78, 5) is 18.8. The molecule has 1 aliphatic rings. The SMILES string of the molecule is CO[C@H]1CCN(C(=O)Cc2ccnc(C)c2)C[C@H]1Cc1ccc(F)cc1. The van der Waals surface area contributed by atoms with Gasteiger partial charge in [0.25, 0.3) is 0 Å². The highest BCUT2D eigenvalue weighted by Crippen LogP contribution is 2.24. The summed E-state index contributed by atoms with van der Waals surface area (Å²) in [5.41, 5.74) is 2.98. The molecule has 2 heterocycles. The van der Waals surface area contributed by atoms with Crippen molar-refractivity contribution < 1.29 is 13.9 Å². The quantitative estimate of drug-likeness (QED) is 0.826. The zero-order valence-electron chi connectivity index (χ0n) is 15.3. The standard InChI is InChI=1S/C21H25FN2O2/c1-15-11-17(7-9-23-15)13-21(25)24-10-8-20(26-2)18(14-24)12-16-3-5-19(22)6-4-16/h3-7,9,11,18,20H,8,10,12-14H2,1-2H3/t18-,20+/m1/s1. The molecule has 0 aliphatic carbocycles. The van der Waals surface area contributed by atoms with Crippen molar-refractivity contribution in [3.8, 4) is 0 Å². The second-order valence-electron chi connectivity index (χ2n) is 6.98. The molecular weight excluding hydrogens is 331 g/mol. The molecule has 1 aromatic heterocycles. The van der Waals surface area contributed by atoms with Crippen molar-refractivity contribution in [2.45, 2.75) is 32.3 Å². The summed E-state index contributed by atoms with van der Waals surface area (Å²) < 4.78 is 18.8. The van der Waals surface area contributed by atoms with E-state index in [9.17, 15) is 9.18 Å². The molecule has 4 nitrogen and oxygen atoms in total. The lowest BCUT2D eigenvalue weighted by molar-refractivity contribution is -0.134. The van der Waals surface area contributed by atoms with Crippen LogP contribution in [0.3, 0.4) is 0 Å². The molecule has 0 saturated carbocycles. The molecule has 1 aliphatic heterocycles. The highest BCUT2D eigenvalue weighted by Gasteiger charge is 2.31. The van der Waals surface area contributed by atoms with E-state index in [1.165, 1.54) is 12.1 Å². The molecule has 26 heavy (non-hydrogen) atoms. The molecule has 0 unspecified atom stereocenters. The van der Waals surface area contributed by atoms with Crippen molar-refractivity contribution in [1.82, 2.24) is 9.88 Å². The zero-order chi connectivity index (χ0) is 18.5. The highest BCUT2D eigenvalue weighted by atomic mass is 19.1. The number of methoxy groups -OCH3 is 1. The Morgan fingerprint density at radius 1 is 1.27 bits per heavy atom. The summed E-state index contributed by atoms with van der Waals surface area (Å²) in [6.45, 7) is 3.30. The first kappa shape index (κ1) is 18.5. The number of benzene rings is 1. The fraction of sp³-hybridized carbons (Fsp3) is 0.429. The van der Waals surface area contributed by atoms with E-state index in [1.54, 1.807) is 13.3 Å². The van der Waals surface area contributed by atoms with Crippen LogP contribution < -0.4 is 0 Å². The van der Waals surface area contributed by atoms with Gasteiger partial charge in [-0.25, -0.2) is 4.39 Å². The molecule has 1 fully saturated rings. The Balaban J connectivity index is 1.65. The van der Waals surface area contributed by atoms with Gasteiger partial charge in [0, 0.05) is 38.0 Å². The molecule has 0 bridgehead atoms. The summed E-state index contributed by atoms with van der Waals surface area (Å²) >= 11 is 0. The fourth-order valence-corrected chi connectivity index (χ4v) is 3.67. The number of amides is 1. The molecule has 5 heteroatoms. The van der Waals surface area contributed by atoms with Crippen molar-refractivity contribution in [2.24, 2.45) is 5.92 Å². The Labute approximate surface area is 154 Å². The predicted octanol–water partition coefficient (Wildman–Crippen LogP) is 3.18. The summed E-state index contributed by atoms with van der Waals surface area (Å²) in [5, 5.41) is 0. The summed E-state index contributed by atoms with van der Waals surface area (Å²) in [6.07, 6.45) is 3.85. The first-order valence-electron chi connectivity index (χ1n) is 9.01. The van der Waals surface area contributed by atoms with Crippen LogP contribution >= 0.6 is 0 Å². The first-order chi connectivity index (χ1) is 12.5. The number of carbonyl (C=O) groups excluding carboxylic acids is 1. The minimum Gasteiger partial charge on any atom is -0.381 e. The van der Waals surface area contributed by atoms with E-state index in [0.717, 1.165) is 29.7 Å². The minimum atomic E-state index is -0.231. The molecular formula is C21H25FN2O2. The van der Waals surface area contributed by atoms with Crippen LogP contribution in [0.1, 0.15) is 23.2 Å². The van der Waals surface area contributed by atoms with Crippen molar-refractivity contribution >= 4 is 5.91 Å². The van der Waals surface area contributed by atoms with Gasteiger partial charge >= 0.3 is 0 Å². The van der Waals surface area contributed by atoms with Crippen LogP contribution in [0.2, 0.25) is 0 Å². The number of halogens is 1. The van der Waals surface area contributed by atoms with Gasteiger partial charge in [-0.05, 0) is 55.2 Å². The number of hydrogen-bond donors (Lipinski definition) is 0. The molecule has 2 atom stereocenters. The molecule has 138 valence electrons. The van der Waals surface area contributed by atoms with Gasteiger partial charge in [0.1, 0.15) is 5.82 Å². The largest absolute Gasteiger partial charge is 0.381 e.